The Morgan fingerprint density at radius 3 is 2.44 bits per heavy atom. The lowest BCUT2D eigenvalue weighted by Gasteiger charge is -2.28. The van der Waals surface area contributed by atoms with Crippen molar-refractivity contribution in [3.63, 3.8) is 0 Å². The number of hydrogen-bond acceptors (Lipinski definition) is 3. The van der Waals surface area contributed by atoms with Crippen molar-refractivity contribution in [3.05, 3.63) is 0 Å². The van der Waals surface area contributed by atoms with Crippen molar-refractivity contribution in [2.24, 2.45) is 5.92 Å². The second-order valence-corrected chi connectivity index (χ2v) is 5.03. The second-order valence-electron chi connectivity index (χ2n) is 5.03. The highest BCUT2D eigenvalue weighted by Gasteiger charge is 2.37. The fraction of sp³-hybridized carbons (Fsp3) is 0.833. The number of alkyl halides is 1. The average Bonchev–Trinajstić information content (AvgIpc) is 2.63. The first kappa shape index (κ1) is 14.7. The minimum atomic E-state index is -0.977. The predicted octanol–water partition coefficient (Wildman–Crippen LogP) is 1.33. The van der Waals surface area contributed by atoms with E-state index in [0.717, 1.165) is 0 Å². The number of likely N-dealkylation sites (tertiary alicyclic amines) is 1. The van der Waals surface area contributed by atoms with Crippen LogP contribution in [0.5, 0.6) is 0 Å². The molecule has 1 saturated heterocycles. The van der Waals surface area contributed by atoms with Crippen LogP contribution in [0.3, 0.4) is 0 Å². The number of amides is 2. The van der Waals surface area contributed by atoms with E-state index in [-0.39, 0.29) is 24.4 Å². The van der Waals surface area contributed by atoms with Gasteiger partial charge in [-0.05, 0) is 12.8 Å². The molecule has 0 aromatic rings. The summed E-state index contributed by atoms with van der Waals surface area (Å²) in [5.74, 6) is -0.328. The first-order chi connectivity index (χ1) is 8.36. The second kappa shape index (κ2) is 6.02. The summed E-state index contributed by atoms with van der Waals surface area (Å²) in [4.78, 5) is 25.0. The molecule has 0 aromatic carbocycles. The van der Waals surface area contributed by atoms with Gasteiger partial charge >= 0.3 is 6.09 Å². The van der Waals surface area contributed by atoms with E-state index >= 15 is 0 Å². The first-order valence-corrected chi connectivity index (χ1v) is 6.15. The van der Waals surface area contributed by atoms with Gasteiger partial charge < -0.3 is 15.0 Å². The lowest BCUT2D eigenvalue weighted by atomic mass is 10.0. The molecule has 1 rings (SSSR count). The number of rotatable bonds is 3. The van der Waals surface area contributed by atoms with Gasteiger partial charge in [0.2, 0.25) is 5.91 Å². The third-order valence-electron chi connectivity index (χ3n) is 3.20. The Labute approximate surface area is 107 Å². The van der Waals surface area contributed by atoms with Crippen molar-refractivity contribution in [3.8, 4) is 0 Å². The maximum atomic E-state index is 13.3. The summed E-state index contributed by atoms with van der Waals surface area (Å²) >= 11 is 0. The van der Waals surface area contributed by atoms with Crippen LogP contribution >= 0.6 is 0 Å². The van der Waals surface area contributed by atoms with Gasteiger partial charge in [0, 0.05) is 12.5 Å². The lowest BCUT2D eigenvalue weighted by molar-refractivity contribution is -0.135. The zero-order valence-corrected chi connectivity index (χ0v) is 11.3. The molecule has 0 aliphatic carbocycles. The molecule has 0 bridgehead atoms. The molecule has 1 aliphatic rings. The number of methoxy groups -OCH3 is 1. The normalized spacial score (nSPS) is 25.1. The standard InChI is InChI=1S/C12H21FN2O3/c1-7(2)10(14-12(17)18-4)11(16)15-6-9(13)5-8(15)3/h7-10H,5-6H2,1-4H3,(H,14,17)/t8-,9+,10?/m1/s1. The van der Waals surface area contributed by atoms with Crippen LogP contribution in [0.15, 0.2) is 0 Å². The highest BCUT2D eigenvalue weighted by Crippen LogP contribution is 2.22. The van der Waals surface area contributed by atoms with E-state index in [1.54, 1.807) is 0 Å². The topological polar surface area (TPSA) is 58.6 Å². The summed E-state index contributed by atoms with van der Waals surface area (Å²) in [6, 6.07) is -0.807. The Bertz CT molecular complexity index is 322. The van der Waals surface area contributed by atoms with E-state index in [1.165, 1.54) is 12.0 Å². The maximum Gasteiger partial charge on any atom is 0.407 e. The molecule has 1 aliphatic heterocycles. The summed E-state index contributed by atoms with van der Waals surface area (Å²) < 4.78 is 17.8. The number of carbonyl (C=O) groups excluding carboxylic acids is 2. The maximum absolute atomic E-state index is 13.3. The Hall–Kier alpha value is -1.33. The molecule has 1 unspecified atom stereocenters. The minimum Gasteiger partial charge on any atom is -0.453 e. The van der Waals surface area contributed by atoms with Gasteiger partial charge in [-0.1, -0.05) is 13.8 Å². The number of ether oxygens (including phenoxy) is 1. The summed E-state index contributed by atoms with van der Waals surface area (Å²) in [5.41, 5.74) is 0. The van der Waals surface area contributed by atoms with E-state index in [4.69, 9.17) is 0 Å². The van der Waals surface area contributed by atoms with Gasteiger partial charge in [0.05, 0.1) is 13.7 Å². The number of carbonyl (C=O) groups is 2. The van der Waals surface area contributed by atoms with Gasteiger partial charge in [-0.15, -0.1) is 0 Å². The first-order valence-electron chi connectivity index (χ1n) is 6.15. The number of hydrogen-bond donors (Lipinski definition) is 1. The Morgan fingerprint density at radius 1 is 1.44 bits per heavy atom. The van der Waals surface area contributed by atoms with Crippen LogP contribution in [0.2, 0.25) is 0 Å². The fourth-order valence-electron chi connectivity index (χ4n) is 2.15. The zero-order valence-electron chi connectivity index (χ0n) is 11.3. The number of alkyl carbamates (subject to hydrolysis) is 1. The summed E-state index contributed by atoms with van der Waals surface area (Å²) in [6.45, 7) is 5.57. The van der Waals surface area contributed by atoms with Gasteiger partial charge in [0.15, 0.2) is 0 Å². The van der Waals surface area contributed by atoms with Gasteiger partial charge in [0.25, 0.3) is 0 Å². The third-order valence-corrected chi connectivity index (χ3v) is 3.20. The predicted molar refractivity (Wildman–Crippen MR) is 64.9 cm³/mol. The third kappa shape index (κ3) is 3.34. The Balaban J connectivity index is 2.74. The van der Waals surface area contributed by atoms with E-state index < -0.39 is 18.3 Å². The van der Waals surface area contributed by atoms with E-state index in [0.29, 0.717) is 6.42 Å². The van der Waals surface area contributed by atoms with Crippen LogP contribution in [0.1, 0.15) is 27.2 Å². The van der Waals surface area contributed by atoms with E-state index in [9.17, 15) is 14.0 Å². The molecular weight excluding hydrogens is 239 g/mol. The van der Waals surface area contributed by atoms with Gasteiger partial charge in [0.1, 0.15) is 12.2 Å². The molecule has 0 radical (unpaired) electrons. The quantitative estimate of drug-likeness (QED) is 0.832. The molecular formula is C12H21FN2O3. The number of nitrogens with one attached hydrogen (secondary N) is 1. The molecule has 0 aromatic heterocycles. The SMILES string of the molecule is COC(=O)NC(C(=O)N1C[C@@H](F)C[C@H]1C)C(C)C. The Kier molecular flexibility index (Phi) is 4.93. The van der Waals surface area contributed by atoms with Crippen LogP contribution in [-0.4, -0.2) is 48.8 Å². The molecule has 0 spiro atoms. The molecule has 1 heterocycles. The van der Waals surface area contributed by atoms with Crippen molar-refractivity contribution >= 4 is 12.0 Å². The molecule has 1 fully saturated rings. The summed E-state index contributed by atoms with van der Waals surface area (Å²) in [6.07, 6.45) is -1.27. The smallest absolute Gasteiger partial charge is 0.407 e. The minimum absolute atomic E-state index is 0.0811. The fourth-order valence-corrected chi connectivity index (χ4v) is 2.15. The van der Waals surface area contributed by atoms with Crippen molar-refractivity contribution in [1.82, 2.24) is 10.2 Å². The lowest BCUT2D eigenvalue weighted by Crippen LogP contribution is -2.52. The molecule has 104 valence electrons. The van der Waals surface area contributed by atoms with Gasteiger partial charge in [-0.2, -0.15) is 0 Å². The average molecular weight is 260 g/mol. The highest BCUT2D eigenvalue weighted by atomic mass is 19.1. The van der Waals surface area contributed by atoms with Crippen LogP contribution in [0.4, 0.5) is 9.18 Å². The van der Waals surface area contributed by atoms with Gasteiger partial charge in [-0.25, -0.2) is 9.18 Å². The highest BCUT2D eigenvalue weighted by molar-refractivity contribution is 5.86. The summed E-state index contributed by atoms with van der Waals surface area (Å²) in [7, 11) is 1.24. The molecule has 5 nitrogen and oxygen atoms in total. The van der Waals surface area contributed by atoms with E-state index in [1.807, 2.05) is 20.8 Å². The monoisotopic (exact) mass is 260 g/mol. The largest absolute Gasteiger partial charge is 0.453 e. The van der Waals surface area contributed by atoms with E-state index in [2.05, 4.69) is 10.1 Å². The van der Waals surface area contributed by atoms with Crippen molar-refractivity contribution in [1.29, 1.82) is 0 Å². The number of nitrogens with zero attached hydrogens (tertiary/aromatic N) is 1. The molecule has 3 atom stereocenters. The number of halogens is 1. The molecule has 18 heavy (non-hydrogen) atoms. The molecule has 6 heteroatoms. The van der Waals surface area contributed by atoms with Crippen LogP contribution in [-0.2, 0) is 9.53 Å². The van der Waals surface area contributed by atoms with Crippen LogP contribution in [0.25, 0.3) is 0 Å². The van der Waals surface area contributed by atoms with Crippen molar-refractivity contribution in [2.45, 2.75) is 45.4 Å². The summed E-state index contributed by atoms with van der Waals surface area (Å²) in [5, 5.41) is 2.50. The van der Waals surface area contributed by atoms with Gasteiger partial charge in [-0.3, -0.25) is 4.79 Å². The van der Waals surface area contributed by atoms with Crippen LogP contribution in [0, 0.1) is 5.92 Å². The van der Waals surface area contributed by atoms with Crippen molar-refractivity contribution in [2.75, 3.05) is 13.7 Å². The molecule has 1 N–H and O–H groups in total. The molecule has 2 amide bonds. The Morgan fingerprint density at radius 2 is 2.06 bits per heavy atom. The van der Waals surface area contributed by atoms with Crippen molar-refractivity contribution < 1.29 is 18.7 Å². The zero-order chi connectivity index (χ0) is 13.9. The van der Waals surface area contributed by atoms with Crippen LogP contribution < -0.4 is 5.32 Å². The molecule has 0 saturated carbocycles.